The monoisotopic (exact) mass is 271 g/mol. The molecule has 0 bridgehead atoms. The van der Waals surface area contributed by atoms with Crippen molar-refractivity contribution in [3.63, 3.8) is 0 Å². The maximum Gasteiger partial charge on any atom is 0.185 e. The summed E-state index contributed by atoms with van der Waals surface area (Å²) in [5, 5.41) is 4.47. The second-order valence-corrected chi connectivity index (χ2v) is 6.64. The van der Waals surface area contributed by atoms with E-state index in [1.165, 1.54) is 10.6 Å². The highest BCUT2D eigenvalue weighted by Gasteiger charge is 2.23. The van der Waals surface area contributed by atoms with Crippen molar-refractivity contribution < 1.29 is 4.74 Å². The van der Waals surface area contributed by atoms with Gasteiger partial charge in [0, 0.05) is 44.6 Å². The fourth-order valence-electron chi connectivity index (χ4n) is 1.61. The molecule has 0 spiro atoms. The van der Waals surface area contributed by atoms with E-state index in [-0.39, 0.29) is 5.41 Å². The van der Waals surface area contributed by atoms with Crippen LogP contribution in [0.4, 0.5) is 5.13 Å². The van der Waals surface area contributed by atoms with Crippen LogP contribution in [0, 0.1) is 0 Å². The van der Waals surface area contributed by atoms with E-state index in [1.807, 2.05) is 14.1 Å². The Labute approximate surface area is 114 Å². The van der Waals surface area contributed by atoms with Gasteiger partial charge in [-0.3, -0.25) is 0 Å². The maximum absolute atomic E-state index is 5.04. The van der Waals surface area contributed by atoms with Gasteiger partial charge in [0.1, 0.15) is 0 Å². The molecule has 0 amide bonds. The van der Waals surface area contributed by atoms with Gasteiger partial charge < -0.3 is 15.0 Å². The average Bonchev–Trinajstić information content (AvgIpc) is 2.68. The van der Waals surface area contributed by atoms with Gasteiger partial charge in [-0.25, -0.2) is 4.98 Å². The van der Waals surface area contributed by atoms with E-state index in [4.69, 9.17) is 9.72 Å². The molecular formula is C13H25N3OS. The Bertz CT molecular complexity index is 369. The number of anilines is 1. The number of hydrogen-bond acceptors (Lipinski definition) is 5. The molecule has 0 atom stereocenters. The van der Waals surface area contributed by atoms with E-state index >= 15 is 0 Å². The first-order valence-electron chi connectivity index (χ1n) is 6.23. The quantitative estimate of drug-likeness (QED) is 0.805. The lowest BCUT2D eigenvalue weighted by atomic mass is 9.91. The number of ether oxygens (including phenoxy) is 1. The fraction of sp³-hybridized carbons (Fsp3) is 0.769. The highest BCUT2D eigenvalue weighted by Crippen LogP contribution is 2.32. The first kappa shape index (κ1) is 15.4. The molecule has 18 heavy (non-hydrogen) atoms. The van der Waals surface area contributed by atoms with E-state index < -0.39 is 0 Å². The van der Waals surface area contributed by atoms with Crippen molar-refractivity contribution in [3.05, 3.63) is 10.6 Å². The fourth-order valence-corrected chi connectivity index (χ4v) is 2.78. The number of hydrogen-bond donors (Lipinski definition) is 1. The van der Waals surface area contributed by atoms with E-state index in [0.29, 0.717) is 0 Å². The molecule has 1 aromatic rings. The van der Waals surface area contributed by atoms with Gasteiger partial charge >= 0.3 is 0 Å². The van der Waals surface area contributed by atoms with E-state index in [9.17, 15) is 0 Å². The summed E-state index contributed by atoms with van der Waals surface area (Å²) in [6.45, 7) is 9.10. The van der Waals surface area contributed by atoms with Gasteiger partial charge in [-0.15, -0.1) is 11.3 Å². The van der Waals surface area contributed by atoms with Gasteiger partial charge in [-0.2, -0.15) is 0 Å². The molecule has 1 aromatic heterocycles. The van der Waals surface area contributed by atoms with Crippen molar-refractivity contribution in [3.8, 4) is 0 Å². The Morgan fingerprint density at radius 1 is 1.33 bits per heavy atom. The Kier molecular flexibility index (Phi) is 5.56. The molecule has 5 heteroatoms. The number of nitrogens with one attached hydrogen (secondary N) is 1. The minimum absolute atomic E-state index is 0.0863. The summed E-state index contributed by atoms with van der Waals surface area (Å²) in [7, 11) is 5.79. The first-order valence-corrected chi connectivity index (χ1v) is 7.05. The zero-order valence-electron chi connectivity index (χ0n) is 12.3. The van der Waals surface area contributed by atoms with Crippen molar-refractivity contribution in [2.75, 3.05) is 39.3 Å². The third-order valence-electron chi connectivity index (χ3n) is 2.55. The third-order valence-corrected chi connectivity index (χ3v) is 3.77. The van der Waals surface area contributed by atoms with Crippen LogP contribution in [0.15, 0.2) is 0 Å². The van der Waals surface area contributed by atoms with Crippen molar-refractivity contribution in [2.24, 2.45) is 0 Å². The Balaban J connectivity index is 2.80. The Morgan fingerprint density at radius 2 is 2.00 bits per heavy atom. The summed E-state index contributed by atoms with van der Waals surface area (Å²) in [6, 6.07) is 0. The molecule has 0 saturated carbocycles. The number of rotatable bonds is 6. The van der Waals surface area contributed by atoms with E-state index in [0.717, 1.165) is 24.8 Å². The van der Waals surface area contributed by atoms with Gasteiger partial charge in [-0.05, 0) is 0 Å². The van der Waals surface area contributed by atoms with Crippen LogP contribution in [0.2, 0.25) is 0 Å². The molecule has 104 valence electrons. The van der Waals surface area contributed by atoms with Crippen LogP contribution in [-0.2, 0) is 16.7 Å². The molecule has 0 aliphatic rings. The number of aromatic nitrogens is 1. The van der Waals surface area contributed by atoms with Crippen LogP contribution in [0.3, 0.4) is 0 Å². The third kappa shape index (κ3) is 4.23. The predicted octanol–water partition coefficient (Wildman–Crippen LogP) is 2.24. The molecule has 4 nitrogen and oxygen atoms in total. The minimum atomic E-state index is 0.0863. The van der Waals surface area contributed by atoms with Gasteiger partial charge in [0.05, 0.1) is 12.3 Å². The average molecular weight is 271 g/mol. The van der Waals surface area contributed by atoms with Crippen molar-refractivity contribution >= 4 is 16.5 Å². The maximum atomic E-state index is 5.04. The Morgan fingerprint density at radius 3 is 2.50 bits per heavy atom. The molecule has 0 aliphatic carbocycles. The summed E-state index contributed by atoms with van der Waals surface area (Å²) in [5.74, 6) is 0. The van der Waals surface area contributed by atoms with Gasteiger partial charge in [0.25, 0.3) is 0 Å². The zero-order valence-corrected chi connectivity index (χ0v) is 13.1. The summed E-state index contributed by atoms with van der Waals surface area (Å²) >= 11 is 1.76. The summed E-state index contributed by atoms with van der Waals surface area (Å²) < 4.78 is 5.04. The Hall–Kier alpha value is -0.650. The van der Waals surface area contributed by atoms with Gasteiger partial charge in [0.2, 0.25) is 0 Å². The standard InChI is InChI=1S/C13H25N3OS/c1-13(2,3)11-10(9-14-7-8-17-6)18-12(15-11)16(4)5/h14H,7-9H2,1-6H3. The molecule has 1 heterocycles. The lowest BCUT2D eigenvalue weighted by molar-refractivity contribution is 0.199. The summed E-state index contributed by atoms with van der Waals surface area (Å²) in [6.07, 6.45) is 0. The molecule has 0 unspecified atom stereocenters. The first-order chi connectivity index (χ1) is 8.36. The normalized spacial score (nSPS) is 11.9. The lowest BCUT2D eigenvalue weighted by Gasteiger charge is -2.17. The number of thiazole rings is 1. The smallest absolute Gasteiger partial charge is 0.185 e. The van der Waals surface area contributed by atoms with Crippen LogP contribution in [0.25, 0.3) is 0 Å². The predicted molar refractivity (Wildman–Crippen MR) is 78.7 cm³/mol. The van der Waals surface area contributed by atoms with Crippen LogP contribution in [0.1, 0.15) is 31.3 Å². The molecule has 1 rings (SSSR count). The molecule has 1 N–H and O–H groups in total. The van der Waals surface area contributed by atoms with E-state index in [2.05, 4.69) is 31.0 Å². The molecule has 0 fully saturated rings. The minimum Gasteiger partial charge on any atom is -0.383 e. The zero-order chi connectivity index (χ0) is 13.8. The molecular weight excluding hydrogens is 246 g/mol. The van der Waals surface area contributed by atoms with Crippen LogP contribution in [0.5, 0.6) is 0 Å². The number of nitrogens with zero attached hydrogens (tertiary/aromatic N) is 2. The molecule has 0 aromatic carbocycles. The van der Waals surface area contributed by atoms with Crippen molar-refractivity contribution in [2.45, 2.75) is 32.7 Å². The van der Waals surface area contributed by atoms with Crippen molar-refractivity contribution in [1.82, 2.24) is 10.3 Å². The second-order valence-electron chi connectivity index (χ2n) is 5.58. The number of methoxy groups -OCH3 is 1. The van der Waals surface area contributed by atoms with Crippen LogP contribution >= 0.6 is 11.3 Å². The van der Waals surface area contributed by atoms with E-state index in [1.54, 1.807) is 18.4 Å². The molecule has 0 radical (unpaired) electrons. The van der Waals surface area contributed by atoms with Gasteiger partial charge in [0.15, 0.2) is 5.13 Å². The molecule has 0 saturated heterocycles. The second kappa shape index (κ2) is 6.50. The lowest BCUT2D eigenvalue weighted by Crippen LogP contribution is -2.21. The van der Waals surface area contributed by atoms with Crippen molar-refractivity contribution in [1.29, 1.82) is 0 Å². The summed E-state index contributed by atoms with van der Waals surface area (Å²) in [5.41, 5.74) is 1.28. The van der Waals surface area contributed by atoms with Crippen LogP contribution in [-0.4, -0.2) is 39.3 Å². The highest BCUT2D eigenvalue weighted by atomic mass is 32.1. The topological polar surface area (TPSA) is 37.4 Å². The molecule has 0 aliphatic heterocycles. The van der Waals surface area contributed by atoms with Crippen LogP contribution < -0.4 is 10.2 Å². The largest absolute Gasteiger partial charge is 0.383 e. The SMILES string of the molecule is COCCNCc1sc(N(C)C)nc1C(C)(C)C. The summed E-state index contributed by atoms with van der Waals surface area (Å²) in [4.78, 5) is 8.14. The van der Waals surface area contributed by atoms with Gasteiger partial charge in [-0.1, -0.05) is 20.8 Å². The highest BCUT2D eigenvalue weighted by molar-refractivity contribution is 7.15.